The number of halogens is 1. The summed E-state index contributed by atoms with van der Waals surface area (Å²) in [5, 5.41) is 8.26. The molecule has 8 heteroatoms. The Morgan fingerprint density at radius 2 is 2.33 bits per heavy atom. The predicted octanol–water partition coefficient (Wildman–Crippen LogP) is 1.72. The minimum absolute atomic E-state index is 0.228. The van der Waals surface area contributed by atoms with Crippen LogP contribution in [0.1, 0.15) is 0 Å². The van der Waals surface area contributed by atoms with Crippen molar-refractivity contribution < 1.29 is 0 Å². The smallest absolute Gasteiger partial charge is 0.287 e. The third kappa shape index (κ3) is 5.09. The van der Waals surface area contributed by atoms with Crippen molar-refractivity contribution in [2.45, 2.75) is 11.8 Å². The first kappa shape index (κ1) is 17.0. The van der Waals surface area contributed by atoms with E-state index in [-0.39, 0.29) is 10.6 Å². The molecule has 0 bridgehead atoms. The van der Waals surface area contributed by atoms with Gasteiger partial charge in [0, 0.05) is 35.6 Å². The molecule has 1 unspecified atom stereocenters. The minimum atomic E-state index is -0.228. The summed E-state index contributed by atoms with van der Waals surface area (Å²) in [6.45, 7) is 2.12. The van der Waals surface area contributed by atoms with Crippen molar-refractivity contribution in [3.63, 3.8) is 0 Å². The van der Waals surface area contributed by atoms with Crippen LogP contribution in [0.15, 0.2) is 11.0 Å². The van der Waals surface area contributed by atoms with E-state index in [1.165, 1.54) is 16.2 Å². The van der Waals surface area contributed by atoms with Crippen molar-refractivity contribution in [1.29, 1.82) is 0 Å². The molecule has 2 rings (SSSR count). The summed E-state index contributed by atoms with van der Waals surface area (Å²) in [6.07, 6.45) is 1.65. The predicted molar refractivity (Wildman–Crippen MR) is 94.1 cm³/mol. The van der Waals surface area contributed by atoms with Gasteiger partial charge in [-0.05, 0) is 14.1 Å². The highest BCUT2D eigenvalue weighted by Gasteiger charge is 2.15. The number of anilines is 1. The average Bonchev–Trinajstić information content (AvgIpc) is 2.48. The minimum Gasteiger partial charge on any atom is -0.381 e. The molecule has 0 amide bonds. The molecule has 1 aromatic heterocycles. The number of thioether (sulfide) groups is 2. The molecule has 0 saturated carbocycles. The summed E-state index contributed by atoms with van der Waals surface area (Å²) in [4.78, 5) is 14.2. The fourth-order valence-corrected chi connectivity index (χ4v) is 4.75. The average molecular weight is 349 g/mol. The van der Waals surface area contributed by atoms with Crippen molar-refractivity contribution in [1.82, 2.24) is 14.7 Å². The highest BCUT2D eigenvalue weighted by Crippen LogP contribution is 2.25. The molecule has 1 aliphatic heterocycles. The van der Waals surface area contributed by atoms with Crippen LogP contribution in [0.5, 0.6) is 0 Å². The third-order valence-electron chi connectivity index (χ3n) is 3.15. The van der Waals surface area contributed by atoms with Gasteiger partial charge < -0.3 is 10.2 Å². The molecule has 5 nitrogen and oxygen atoms in total. The van der Waals surface area contributed by atoms with E-state index in [0.717, 1.165) is 18.8 Å². The van der Waals surface area contributed by atoms with Crippen LogP contribution in [0.25, 0.3) is 0 Å². The molecule has 1 fully saturated rings. The Bertz CT molecular complexity index is 517. The normalized spacial score (nSPS) is 19.0. The molecule has 1 atom stereocenters. The molecule has 118 valence electrons. The van der Waals surface area contributed by atoms with Crippen LogP contribution in [0, 0.1) is 0 Å². The van der Waals surface area contributed by atoms with Crippen LogP contribution in [-0.4, -0.2) is 64.4 Å². The molecular weight excluding hydrogens is 328 g/mol. The summed E-state index contributed by atoms with van der Waals surface area (Å²) in [6, 6.07) is 0. The van der Waals surface area contributed by atoms with Crippen molar-refractivity contribution >= 4 is 40.8 Å². The Kier molecular flexibility index (Phi) is 6.73. The molecule has 1 saturated heterocycles. The van der Waals surface area contributed by atoms with Crippen LogP contribution in [0.3, 0.4) is 0 Å². The Hall–Kier alpha value is -0.370. The molecule has 0 aromatic carbocycles. The van der Waals surface area contributed by atoms with E-state index in [9.17, 15) is 4.79 Å². The fourth-order valence-electron chi connectivity index (χ4n) is 1.92. The van der Waals surface area contributed by atoms with E-state index >= 15 is 0 Å². The largest absolute Gasteiger partial charge is 0.381 e. The monoisotopic (exact) mass is 348 g/mol. The summed E-state index contributed by atoms with van der Waals surface area (Å²) in [7, 11) is 3.92. The fraction of sp³-hybridized carbons (Fsp3) is 0.692. The second kappa shape index (κ2) is 8.31. The van der Waals surface area contributed by atoms with Gasteiger partial charge in [0.25, 0.3) is 5.56 Å². The molecular formula is C13H21ClN4OS2. The molecule has 0 radical (unpaired) electrons. The van der Waals surface area contributed by atoms with Gasteiger partial charge in [0.2, 0.25) is 0 Å². The summed E-state index contributed by atoms with van der Waals surface area (Å²) in [5.74, 6) is 3.56. The Morgan fingerprint density at radius 1 is 1.52 bits per heavy atom. The lowest BCUT2D eigenvalue weighted by Gasteiger charge is -2.21. The van der Waals surface area contributed by atoms with Gasteiger partial charge >= 0.3 is 0 Å². The lowest BCUT2D eigenvalue weighted by Crippen LogP contribution is -2.30. The molecule has 2 heterocycles. The highest BCUT2D eigenvalue weighted by atomic mass is 35.5. The van der Waals surface area contributed by atoms with Crippen molar-refractivity contribution in [2.24, 2.45) is 0 Å². The zero-order valence-corrected chi connectivity index (χ0v) is 14.7. The number of nitrogens with zero attached hydrogens (tertiary/aromatic N) is 3. The number of hydrogen-bond donors (Lipinski definition) is 1. The first-order valence-electron chi connectivity index (χ1n) is 6.91. The SMILES string of the molecule is CN(C)CCn1ncc(NCC2CSCCS2)c(Cl)c1=O. The first-order valence-corrected chi connectivity index (χ1v) is 9.49. The van der Waals surface area contributed by atoms with Crippen molar-refractivity contribution in [3.8, 4) is 0 Å². The second-order valence-corrected chi connectivity index (χ2v) is 8.09. The van der Waals surface area contributed by atoms with Crippen LogP contribution >= 0.6 is 35.1 Å². The van der Waals surface area contributed by atoms with E-state index in [1.807, 2.05) is 42.5 Å². The Balaban J connectivity index is 1.97. The molecule has 21 heavy (non-hydrogen) atoms. The topological polar surface area (TPSA) is 50.2 Å². The zero-order valence-electron chi connectivity index (χ0n) is 12.3. The van der Waals surface area contributed by atoms with E-state index in [2.05, 4.69) is 10.4 Å². The van der Waals surface area contributed by atoms with E-state index in [0.29, 0.717) is 17.5 Å². The standard InChI is InChI=1S/C13H21ClN4OS2/c1-17(2)3-4-18-13(19)12(14)11(8-16-18)15-7-10-9-20-5-6-21-10/h8,10,15H,3-7,9H2,1-2H3. The zero-order chi connectivity index (χ0) is 15.2. The van der Waals surface area contributed by atoms with Crippen LogP contribution in [0.4, 0.5) is 5.69 Å². The van der Waals surface area contributed by atoms with Gasteiger partial charge in [-0.3, -0.25) is 4.79 Å². The lowest BCUT2D eigenvalue weighted by molar-refractivity contribution is 0.367. The van der Waals surface area contributed by atoms with Gasteiger partial charge in [-0.25, -0.2) is 4.68 Å². The van der Waals surface area contributed by atoms with Crippen LogP contribution in [0.2, 0.25) is 5.02 Å². The summed E-state index contributed by atoms with van der Waals surface area (Å²) < 4.78 is 1.42. The highest BCUT2D eigenvalue weighted by molar-refractivity contribution is 8.06. The van der Waals surface area contributed by atoms with Gasteiger partial charge in [-0.2, -0.15) is 28.6 Å². The number of rotatable bonds is 6. The van der Waals surface area contributed by atoms with E-state index in [4.69, 9.17) is 11.6 Å². The van der Waals surface area contributed by atoms with Crippen LogP contribution < -0.4 is 10.9 Å². The van der Waals surface area contributed by atoms with Crippen molar-refractivity contribution in [3.05, 3.63) is 21.6 Å². The van der Waals surface area contributed by atoms with Gasteiger partial charge in [-0.15, -0.1) is 0 Å². The molecule has 1 aliphatic rings. The number of aromatic nitrogens is 2. The number of hydrogen-bond acceptors (Lipinski definition) is 6. The van der Waals surface area contributed by atoms with Gasteiger partial charge in [0.15, 0.2) is 0 Å². The molecule has 1 aromatic rings. The van der Waals surface area contributed by atoms with Gasteiger partial charge in [-0.1, -0.05) is 11.6 Å². The maximum atomic E-state index is 12.2. The maximum absolute atomic E-state index is 12.2. The summed E-state index contributed by atoms with van der Waals surface area (Å²) in [5.41, 5.74) is 0.410. The number of likely N-dealkylation sites (N-methyl/N-ethyl adjacent to an activating group) is 1. The summed E-state index contributed by atoms with van der Waals surface area (Å²) >= 11 is 10.1. The van der Waals surface area contributed by atoms with E-state index < -0.39 is 0 Å². The maximum Gasteiger partial charge on any atom is 0.287 e. The molecule has 0 aliphatic carbocycles. The Morgan fingerprint density at radius 3 is 3.00 bits per heavy atom. The third-order valence-corrected chi connectivity index (χ3v) is 6.36. The first-order chi connectivity index (χ1) is 10.1. The quantitative estimate of drug-likeness (QED) is 0.844. The number of nitrogens with one attached hydrogen (secondary N) is 1. The van der Waals surface area contributed by atoms with Crippen molar-refractivity contribution in [2.75, 3.05) is 49.8 Å². The van der Waals surface area contributed by atoms with Gasteiger partial charge in [0.1, 0.15) is 5.02 Å². The molecule has 0 spiro atoms. The van der Waals surface area contributed by atoms with Gasteiger partial charge in [0.05, 0.1) is 18.4 Å². The second-order valence-electron chi connectivity index (χ2n) is 5.15. The van der Waals surface area contributed by atoms with E-state index in [1.54, 1.807) is 6.20 Å². The Labute approximate surface area is 138 Å². The molecule has 1 N–H and O–H groups in total. The lowest BCUT2D eigenvalue weighted by atomic mass is 10.4. The van der Waals surface area contributed by atoms with Crippen LogP contribution in [-0.2, 0) is 6.54 Å².